The minimum absolute atomic E-state index is 0.0360. The van der Waals surface area contributed by atoms with Crippen molar-refractivity contribution in [2.45, 2.75) is 147 Å². The number of aromatic nitrogens is 1. The monoisotopic (exact) mass is 1180 g/mol. The van der Waals surface area contributed by atoms with Crippen LogP contribution in [-0.2, 0) is 35.3 Å². The number of aliphatic hydroxyl groups is 3. The highest BCUT2D eigenvalue weighted by Gasteiger charge is 2.44. The molecule has 2 fully saturated rings. The number of carbonyl (C=O) groups excluding carboxylic acids is 2. The van der Waals surface area contributed by atoms with Gasteiger partial charge in [0.15, 0.2) is 29.2 Å². The van der Waals surface area contributed by atoms with Gasteiger partial charge in [-0.15, -0.1) is 0 Å². The van der Waals surface area contributed by atoms with Crippen molar-refractivity contribution in [3.8, 4) is 34.8 Å². The summed E-state index contributed by atoms with van der Waals surface area (Å²) in [5, 5.41) is 81.8. The first kappa shape index (κ1) is 61.3. The van der Waals surface area contributed by atoms with Crippen molar-refractivity contribution < 1.29 is 45.0 Å². The van der Waals surface area contributed by atoms with E-state index in [4.69, 9.17) is 4.74 Å². The van der Waals surface area contributed by atoms with Crippen LogP contribution in [0.4, 0.5) is 5.69 Å². The molecule has 458 valence electrons. The molecule has 10 N–H and O–H groups in total. The number of allylic oxidation sites excluding steroid dienone is 2. The number of ketones is 2. The van der Waals surface area contributed by atoms with Crippen LogP contribution in [0, 0.1) is 53.3 Å². The van der Waals surface area contributed by atoms with Crippen LogP contribution in [0.25, 0.3) is 10.8 Å². The number of aromatic hydroxyl groups is 3. The second kappa shape index (κ2) is 27.4. The van der Waals surface area contributed by atoms with Crippen LogP contribution in [0.2, 0.25) is 0 Å². The molecule has 2 saturated carbocycles. The SMILES string of the molecule is CCC[C@@H]1[C@H]2C[C@@H](CC3=CCNC(=C3)Nc3ccc4ccc(c(O)c4c3)C[C@H](O)CNC[C@H](C)c3c[nH]c(c3)C[C@H]1O)C[C@@H]1C#C[C@H](c3ccccc3[C@@H]3C[C@H](C)C[C@H](Cc4cccc(O)c4)C3)c3cc(O)c(OC)cc3CCC(=O)[C@H](O)C(=O)[C@H]1C2. The average Bonchev–Trinajstić information content (AvgIpc) is 2.52. The number of hydrogen-bond donors (Lipinski definition) is 10. The smallest absolute Gasteiger partial charge is 0.173 e. The molecule has 13 nitrogen and oxygen atoms in total. The molecular weight excluding hydrogens is 1090 g/mol. The second-order valence-electron chi connectivity index (χ2n) is 26.3. The van der Waals surface area contributed by atoms with E-state index in [-0.39, 0.29) is 71.9 Å². The summed E-state index contributed by atoms with van der Waals surface area (Å²) in [7, 11) is 1.50. The summed E-state index contributed by atoms with van der Waals surface area (Å²) < 4.78 is 5.69. The third-order valence-corrected chi connectivity index (χ3v) is 19.9. The number of carbonyl (C=O) groups is 2. The number of aromatic amines is 1. The third-order valence-electron chi connectivity index (χ3n) is 19.9. The number of fused-ring (bicyclic) bond motifs is 9. The van der Waals surface area contributed by atoms with Crippen LogP contribution in [0.15, 0.2) is 127 Å². The molecule has 0 amide bonds. The highest BCUT2D eigenvalue weighted by atomic mass is 16.5. The lowest BCUT2D eigenvalue weighted by molar-refractivity contribution is -0.142. The molecule has 2 aliphatic heterocycles. The molecule has 0 unspecified atom stereocenters. The molecule has 13 heteroatoms. The maximum Gasteiger partial charge on any atom is 0.173 e. The van der Waals surface area contributed by atoms with Crippen LogP contribution in [0.3, 0.4) is 0 Å². The number of nitrogens with one attached hydrogen (secondary N) is 4. The number of rotatable bonds is 7. The maximum atomic E-state index is 15.4. The largest absolute Gasteiger partial charge is 0.508 e. The van der Waals surface area contributed by atoms with Crippen LogP contribution in [0.5, 0.6) is 23.0 Å². The highest BCUT2D eigenvalue weighted by Crippen LogP contribution is 2.48. The molecule has 9 bridgehead atoms. The lowest BCUT2D eigenvalue weighted by atomic mass is 9.69. The van der Waals surface area contributed by atoms with Gasteiger partial charge < -0.3 is 56.3 Å². The highest BCUT2D eigenvalue weighted by molar-refractivity contribution is 6.06. The van der Waals surface area contributed by atoms with Crippen LogP contribution >= 0.6 is 0 Å². The number of ether oxygens (including phenoxy) is 1. The Kier molecular flexibility index (Phi) is 19.3. The maximum absolute atomic E-state index is 15.4. The number of aliphatic hydroxyl groups excluding tert-OH is 3. The Morgan fingerprint density at radius 3 is 2.40 bits per heavy atom. The van der Waals surface area contributed by atoms with Gasteiger partial charge in [-0.05, 0) is 204 Å². The summed E-state index contributed by atoms with van der Waals surface area (Å²) in [6.07, 6.45) is 11.1. The minimum atomic E-state index is -1.87. The van der Waals surface area contributed by atoms with Crippen LogP contribution < -0.4 is 20.7 Å². The Labute approximate surface area is 512 Å². The Morgan fingerprint density at radius 1 is 0.759 bits per heavy atom. The van der Waals surface area contributed by atoms with E-state index in [0.717, 1.165) is 88.1 Å². The zero-order valence-corrected chi connectivity index (χ0v) is 50.9. The van der Waals surface area contributed by atoms with Crippen molar-refractivity contribution in [2.24, 2.45) is 41.4 Å². The summed E-state index contributed by atoms with van der Waals surface area (Å²) >= 11 is 0. The van der Waals surface area contributed by atoms with E-state index >= 15 is 4.79 Å². The van der Waals surface area contributed by atoms with E-state index in [0.29, 0.717) is 80.9 Å². The third kappa shape index (κ3) is 14.3. The van der Waals surface area contributed by atoms with Gasteiger partial charge in [0.2, 0.25) is 0 Å². The fraction of sp³-hybridized carbons (Fsp3) is 0.459. The van der Waals surface area contributed by atoms with Crippen molar-refractivity contribution >= 4 is 28.0 Å². The normalized spacial score (nSPS) is 28.5. The number of Topliss-reactive ketones (excluding diaryl/α,β-unsaturated/α-hetero) is 2. The minimum Gasteiger partial charge on any atom is -0.508 e. The number of anilines is 1. The van der Waals surface area contributed by atoms with Gasteiger partial charge in [0.25, 0.3) is 0 Å². The summed E-state index contributed by atoms with van der Waals surface area (Å²) in [6, 6.07) is 31.5. The van der Waals surface area contributed by atoms with E-state index in [2.05, 4.69) is 102 Å². The quantitative estimate of drug-likeness (QED) is 0.0534. The number of H-pyrrole nitrogens is 1. The standard InChI is InChI=1S/C74H88N4O9/c1-5-9-61-54-30-48(27-46-22-23-76-71(32-46)78-56-19-16-49-14-15-52(72(84)66(49)37-56)34-59(80)42-75-40-44(3)55-33-57(77-41-55)38-68(61)82)28-50-17-20-63(64-39-69(83)70(87-4)36-51(64)18-21-67(81)74(86)73(85)65(50)35-54)62-13-7-6-12-60(62)53-25-43(2)24-47(29-53)26-45-10-8-11-58(79)31-45/h6-8,10-16,19,22,31-33,36-37,39,41,43-44,47-48,50,53-54,59,61,63,65,68,74-80,82-84,86H,5,9,18,21,23-30,34-35,38,40,42H2,1-4H3/t43-,44+,47-,48+,50+,53-,54+,59+,61-,63-,65+,68-,74+/m1/s1. The summed E-state index contributed by atoms with van der Waals surface area (Å²) in [6.45, 7) is 8.08. The van der Waals surface area contributed by atoms with Gasteiger partial charge in [0, 0.05) is 73.7 Å². The molecule has 11 rings (SSSR count). The predicted octanol–water partition coefficient (Wildman–Crippen LogP) is 11.8. The number of dihydropyridines is 1. The first-order valence-electron chi connectivity index (χ1n) is 32.0. The molecule has 13 atom stereocenters. The second-order valence-corrected chi connectivity index (χ2v) is 26.3. The van der Waals surface area contributed by atoms with Gasteiger partial charge in [-0.25, -0.2) is 0 Å². The van der Waals surface area contributed by atoms with Crippen molar-refractivity contribution in [1.29, 1.82) is 0 Å². The number of phenols is 3. The molecule has 3 heterocycles. The molecule has 0 spiro atoms. The van der Waals surface area contributed by atoms with Crippen LogP contribution in [-0.4, -0.2) is 92.2 Å². The van der Waals surface area contributed by atoms with Crippen molar-refractivity contribution in [2.75, 3.05) is 32.1 Å². The lowest BCUT2D eigenvalue weighted by Crippen LogP contribution is -2.40. The Bertz CT molecular complexity index is 3570. The molecule has 5 aromatic carbocycles. The first-order valence-corrected chi connectivity index (χ1v) is 32.0. The van der Waals surface area contributed by atoms with Crippen molar-refractivity contribution in [1.82, 2.24) is 15.6 Å². The number of benzene rings is 5. The Hall–Kier alpha value is -7.34. The van der Waals surface area contributed by atoms with E-state index < -0.39 is 47.6 Å². The zero-order chi connectivity index (χ0) is 60.9. The predicted molar refractivity (Wildman–Crippen MR) is 342 cm³/mol. The van der Waals surface area contributed by atoms with Gasteiger partial charge in [0.05, 0.1) is 25.2 Å². The number of β-amino-alcohol motifs (C(OH)–C–C–N with tert-alkyl or cyclic N) is 1. The van der Waals surface area contributed by atoms with Crippen molar-refractivity contribution in [3.63, 3.8) is 0 Å². The molecule has 0 saturated heterocycles. The average molecular weight is 1180 g/mol. The van der Waals surface area contributed by atoms with E-state index in [1.165, 1.54) is 12.7 Å². The lowest BCUT2D eigenvalue weighted by Gasteiger charge is -2.35. The zero-order valence-electron chi connectivity index (χ0n) is 50.9. The van der Waals surface area contributed by atoms with E-state index in [1.54, 1.807) is 18.2 Å². The molecule has 6 aromatic rings. The van der Waals surface area contributed by atoms with Gasteiger partial charge >= 0.3 is 0 Å². The van der Waals surface area contributed by atoms with Crippen molar-refractivity contribution in [3.05, 3.63) is 171 Å². The van der Waals surface area contributed by atoms with Gasteiger partial charge in [-0.2, -0.15) is 0 Å². The van der Waals surface area contributed by atoms with Crippen LogP contribution in [0.1, 0.15) is 147 Å². The summed E-state index contributed by atoms with van der Waals surface area (Å²) in [5.74, 6) is 6.60. The van der Waals surface area contributed by atoms with E-state index in [1.807, 2.05) is 48.7 Å². The number of phenolic OH excluding ortho intramolecular Hbond substituents is 3. The topological polar surface area (TPSA) is 217 Å². The fourth-order valence-corrected chi connectivity index (χ4v) is 15.6. The molecular formula is C74H88N4O9. The van der Waals surface area contributed by atoms with Gasteiger partial charge in [-0.1, -0.05) is 99.7 Å². The Balaban J connectivity index is 1.01. The number of methoxy groups -OCH3 is 1. The molecule has 3 aliphatic carbocycles. The fourth-order valence-electron chi connectivity index (χ4n) is 15.6. The first-order chi connectivity index (χ1) is 42.1. The molecule has 87 heavy (non-hydrogen) atoms. The Morgan fingerprint density at radius 2 is 1.59 bits per heavy atom. The van der Waals surface area contributed by atoms with Gasteiger partial charge in [-0.3, -0.25) is 9.59 Å². The molecule has 5 aliphatic rings. The number of hydrogen-bond acceptors (Lipinski definition) is 12. The summed E-state index contributed by atoms with van der Waals surface area (Å²) in [4.78, 5) is 33.4. The molecule has 0 radical (unpaired) electrons. The summed E-state index contributed by atoms with van der Waals surface area (Å²) in [5.41, 5.74) is 9.31. The van der Waals surface area contributed by atoms with Gasteiger partial charge in [0.1, 0.15) is 17.3 Å². The van der Waals surface area contributed by atoms with E-state index in [9.17, 15) is 35.4 Å². The molecule has 1 aromatic heterocycles. The number of aryl methyl sites for hydroxylation is 1.